The minimum absolute atomic E-state index is 0.0898. The number of carbonyl (C=O) groups is 2. The minimum Gasteiger partial charge on any atom is -0.503 e. The third-order valence-corrected chi connectivity index (χ3v) is 6.17. The Kier molecular flexibility index (Phi) is 4.63. The highest BCUT2D eigenvalue weighted by molar-refractivity contribution is 7.12. The lowest BCUT2D eigenvalue weighted by Gasteiger charge is -2.25. The predicted octanol–water partition coefficient (Wildman–Crippen LogP) is 4.73. The molecule has 0 bridgehead atoms. The molecule has 136 valence electrons. The van der Waals surface area contributed by atoms with Crippen molar-refractivity contribution in [2.45, 2.75) is 12.6 Å². The average Bonchev–Trinajstić information content (AvgIpc) is 3.41. The summed E-state index contributed by atoms with van der Waals surface area (Å²) < 4.78 is 13.2. The van der Waals surface area contributed by atoms with Crippen LogP contribution < -0.4 is 0 Å². The number of amides is 1. The summed E-state index contributed by atoms with van der Waals surface area (Å²) in [4.78, 5) is 28.5. The predicted molar refractivity (Wildman–Crippen MR) is 102 cm³/mol. The van der Waals surface area contributed by atoms with Crippen LogP contribution in [-0.4, -0.2) is 21.7 Å². The molecule has 1 unspecified atom stereocenters. The van der Waals surface area contributed by atoms with E-state index < -0.39 is 17.7 Å². The molecule has 0 radical (unpaired) electrons. The monoisotopic (exact) mass is 399 g/mol. The summed E-state index contributed by atoms with van der Waals surface area (Å²) in [7, 11) is 0. The second kappa shape index (κ2) is 7.09. The highest BCUT2D eigenvalue weighted by Gasteiger charge is 2.44. The lowest BCUT2D eigenvalue weighted by Crippen LogP contribution is -2.30. The number of aliphatic hydroxyl groups is 1. The Morgan fingerprint density at radius 3 is 2.41 bits per heavy atom. The molecule has 3 aromatic rings. The van der Waals surface area contributed by atoms with Crippen molar-refractivity contribution in [3.63, 3.8) is 0 Å². The van der Waals surface area contributed by atoms with Crippen molar-refractivity contribution in [3.8, 4) is 0 Å². The van der Waals surface area contributed by atoms with E-state index in [9.17, 15) is 19.1 Å². The van der Waals surface area contributed by atoms with Crippen LogP contribution in [0, 0.1) is 5.82 Å². The van der Waals surface area contributed by atoms with E-state index in [1.807, 2.05) is 17.5 Å². The zero-order chi connectivity index (χ0) is 19.0. The molecule has 1 aliphatic rings. The van der Waals surface area contributed by atoms with E-state index in [1.165, 1.54) is 39.7 Å². The lowest BCUT2D eigenvalue weighted by atomic mass is 10.0. The number of Topliss-reactive ketones (excluding diaryl/α,β-unsaturated/α-hetero) is 1. The number of hydrogen-bond acceptors (Lipinski definition) is 5. The molecule has 4 nitrogen and oxygen atoms in total. The van der Waals surface area contributed by atoms with Gasteiger partial charge in [0.1, 0.15) is 11.9 Å². The first-order valence-corrected chi connectivity index (χ1v) is 9.92. The van der Waals surface area contributed by atoms with Gasteiger partial charge in [0.15, 0.2) is 5.76 Å². The Bertz CT molecular complexity index is 1010. The van der Waals surface area contributed by atoms with Crippen molar-refractivity contribution in [2.75, 3.05) is 0 Å². The molecule has 1 aliphatic heterocycles. The molecule has 1 amide bonds. The molecule has 1 aromatic carbocycles. The molecule has 0 fully saturated rings. The summed E-state index contributed by atoms with van der Waals surface area (Å²) in [6.07, 6.45) is 0. The van der Waals surface area contributed by atoms with Crippen molar-refractivity contribution in [1.82, 2.24) is 4.90 Å². The zero-order valence-electron chi connectivity index (χ0n) is 14.0. The SMILES string of the molecule is O=C(C1=C(O)C(=O)N(Cc2ccc(F)cc2)C1c1cccs1)c1cccs1. The van der Waals surface area contributed by atoms with Gasteiger partial charge in [-0.15, -0.1) is 22.7 Å². The van der Waals surface area contributed by atoms with Gasteiger partial charge in [0.2, 0.25) is 5.78 Å². The number of aliphatic hydroxyl groups excluding tert-OH is 1. The maximum atomic E-state index is 13.2. The smallest absolute Gasteiger partial charge is 0.290 e. The largest absolute Gasteiger partial charge is 0.503 e. The van der Waals surface area contributed by atoms with Crippen molar-refractivity contribution >= 4 is 34.4 Å². The van der Waals surface area contributed by atoms with Crippen molar-refractivity contribution in [2.24, 2.45) is 0 Å². The summed E-state index contributed by atoms with van der Waals surface area (Å²) in [5, 5.41) is 14.1. The van der Waals surface area contributed by atoms with Gasteiger partial charge in [-0.1, -0.05) is 24.3 Å². The minimum atomic E-state index is -0.669. The van der Waals surface area contributed by atoms with Crippen LogP contribution in [0.5, 0.6) is 0 Å². The van der Waals surface area contributed by atoms with E-state index in [2.05, 4.69) is 0 Å². The van der Waals surface area contributed by atoms with Crippen LogP contribution in [0.4, 0.5) is 4.39 Å². The highest BCUT2D eigenvalue weighted by Crippen LogP contribution is 2.41. The lowest BCUT2D eigenvalue weighted by molar-refractivity contribution is -0.130. The highest BCUT2D eigenvalue weighted by atomic mass is 32.1. The molecule has 27 heavy (non-hydrogen) atoms. The summed E-state index contributed by atoms with van der Waals surface area (Å²) in [6, 6.07) is 12.2. The van der Waals surface area contributed by atoms with E-state index in [4.69, 9.17) is 0 Å². The van der Waals surface area contributed by atoms with E-state index in [0.29, 0.717) is 10.4 Å². The van der Waals surface area contributed by atoms with Crippen molar-refractivity contribution in [3.05, 3.63) is 91.8 Å². The number of benzene rings is 1. The molecule has 4 rings (SSSR count). The van der Waals surface area contributed by atoms with E-state index in [-0.39, 0.29) is 23.7 Å². The summed E-state index contributed by atoms with van der Waals surface area (Å²) in [5.41, 5.74) is 0.802. The normalized spacial score (nSPS) is 17.0. The number of ketones is 1. The first kappa shape index (κ1) is 17.6. The van der Waals surface area contributed by atoms with Crippen LogP contribution in [0.25, 0.3) is 0 Å². The van der Waals surface area contributed by atoms with Crippen molar-refractivity contribution in [1.29, 1.82) is 0 Å². The zero-order valence-corrected chi connectivity index (χ0v) is 15.6. The fourth-order valence-corrected chi connectivity index (χ4v) is 4.64. The molecule has 1 N–H and O–H groups in total. The Morgan fingerprint density at radius 1 is 1.07 bits per heavy atom. The number of nitrogens with zero attached hydrogens (tertiary/aromatic N) is 1. The second-order valence-electron chi connectivity index (χ2n) is 6.05. The maximum Gasteiger partial charge on any atom is 0.290 e. The first-order valence-electron chi connectivity index (χ1n) is 8.16. The van der Waals surface area contributed by atoms with Gasteiger partial charge < -0.3 is 10.0 Å². The van der Waals surface area contributed by atoms with Gasteiger partial charge >= 0.3 is 0 Å². The topological polar surface area (TPSA) is 57.6 Å². The Labute approximate surface area is 162 Å². The van der Waals surface area contributed by atoms with E-state index in [1.54, 1.807) is 29.6 Å². The quantitative estimate of drug-likeness (QED) is 0.631. The van der Waals surface area contributed by atoms with Gasteiger partial charge in [-0.05, 0) is 40.6 Å². The van der Waals surface area contributed by atoms with Gasteiger partial charge in [0.25, 0.3) is 5.91 Å². The van der Waals surface area contributed by atoms with Gasteiger partial charge in [0.05, 0.1) is 10.5 Å². The van der Waals surface area contributed by atoms with Crippen molar-refractivity contribution < 1.29 is 19.1 Å². The number of halogens is 1. The van der Waals surface area contributed by atoms with Gasteiger partial charge in [0, 0.05) is 11.4 Å². The molecule has 7 heteroatoms. The molecule has 2 aromatic heterocycles. The Hall–Kier alpha value is -2.77. The van der Waals surface area contributed by atoms with Crippen LogP contribution >= 0.6 is 22.7 Å². The standard InChI is InChI=1S/C20H14FNO3S2/c21-13-7-5-12(6-8-13)11-22-17(14-3-1-9-26-14)16(19(24)20(22)25)18(23)15-4-2-10-27-15/h1-10,17,24H,11H2. The van der Waals surface area contributed by atoms with Crippen LogP contribution in [0.3, 0.4) is 0 Å². The van der Waals surface area contributed by atoms with Crippen LogP contribution in [0.15, 0.2) is 70.6 Å². The molecule has 3 heterocycles. The van der Waals surface area contributed by atoms with Crippen LogP contribution in [-0.2, 0) is 11.3 Å². The van der Waals surface area contributed by atoms with Gasteiger partial charge in [-0.25, -0.2) is 4.39 Å². The maximum absolute atomic E-state index is 13.2. The number of thiophene rings is 2. The molecular formula is C20H14FNO3S2. The molecule has 0 saturated heterocycles. The molecule has 0 aliphatic carbocycles. The second-order valence-corrected chi connectivity index (χ2v) is 7.97. The number of carbonyl (C=O) groups excluding carboxylic acids is 2. The molecule has 0 saturated carbocycles. The number of rotatable bonds is 5. The third-order valence-electron chi connectivity index (χ3n) is 4.37. The number of hydrogen-bond donors (Lipinski definition) is 1. The molecular weight excluding hydrogens is 385 g/mol. The van der Waals surface area contributed by atoms with Gasteiger partial charge in [-0.3, -0.25) is 9.59 Å². The summed E-state index contributed by atoms with van der Waals surface area (Å²) in [6.45, 7) is 0.160. The Morgan fingerprint density at radius 2 is 1.78 bits per heavy atom. The fraction of sp³-hybridized carbons (Fsp3) is 0.100. The van der Waals surface area contributed by atoms with E-state index in [0.717, 1.165) is 4.88 Å². The summed E-state index contributed by atoms with van der Waals surface area (Å²) in [5.74, 6) is -1.83. The molecule has 0 spiro atoms. The first-order chi connectivity index (χ1) is 13.1. The summed E-state index contributed by atoms with van der Waals surface area (Å²) >= 11 is 2.68. The van der Waals surface area contributed by atoms with Crippen LogP contribution in [0.1, 0.15) is 26.2 Å². The van der Waals surface area contributed by atoms with E-state index >= 15 is 0 Å². The van der Waals surface area contributed by atoms with Crippen LogP contribution in [0.2, 0.25) is 0 Å². The molecule has 1 atom stereocenters. The fourth-order valence-electron chi connectivity index (χ4n) is 3.12. The van der Waals surface area contributed by atoms with Gasteiger partial charge in [-0.2, -0.15) is 0 Å². The average molecular weight is 399 g/mol. The third kappa shape index (κ3) is 3.20. The Balaban J connectivity index is 1.75.